The van der Waals surface area contributed by atoms with Crippen LogP contribution in [0.5, 0.6) is 0 Å². The third-order valence-electron chi connectivity index (χ3n) is 1.52. The molecule has 0 radical (unpaired) electrons. The molecule has 0 amide bonds. The lowest BCUT2D eigenvalue weighted by molar-refractivity contribution is 0.321. The molecule has 0 aromatic carbocycles. The Morgan fingerprint density at radius 1 is 1.73 bits per heavy atom. The molecule has 1 rings (SSSR count). The van der Waals surface area contributed by atoms with Crippen LogP contribution in [0, 0.1) is 0 Å². The Bertz CT molecular complexity index is 240. The zero-order valence-corrected chi connectivity index (χ0v) is 6.57. The average molecular weight is 152 g/mol. The predicted octanol–water partition coefficient (Wildman–Crippen LogP) is 1.71. The van der Waals surface area contributed by atoms with E-state index in [2.05, 4.69) is 12.1 Å². The summed E-state index contributed by atoms with van der Waals surface area (Å²) in [4.78, 5) is 0. The van der Waals surface area contributed by atoms with Gasteiger partial charge in [0.1, 0.15) is 0 Å². The largest absolute Gasteiger partial charge is 0.411 e. The molecule has 0 aliphatic heterocycles. The summed E-state index contributed by atoms with van der Waals surface area (Å²) >= 11 is 0. The van der Waals surface area contributed by atoms with Gasteiger partial charge in [-0.15, -0.1) is 0 Å². The van der Waals surface area contributed by atoms with Gasteiger partial charge in [0.05, 0.1) is 11.9 Å². The van der Waals surface area contributed by atoms with Crippen LogP contribution >= 0.6 is 0 Å². The van der Waals surface area contributed by atoms with Crippen molar-refractivity contribution in [2.75, 3.05) is 0 Å². The SMILES string of the molecule is CCCn1cccc1C=NO. The van der Waals surface area contributed by atoms with Crippen LogP contribution in [-0.4, -0.2) is 16.0 Å². The van der Waals surface area contributed by atoms with Crippen molar-refractivity contribution in [1.29, 1.82) is 0 Å². The predicted molar refractivity (Wildman–Crippen MR) is 44.1 cm³/mol. The Kier molecular flexibility index (Phi) is 2.72. The minimum absolute atomic E-state index is 0.939. The molecular weight excluding hydrogens is 140 g/mol. The van der Waals surface area contributed by atoms with Gasteiger partial charge in [0, 0.05) is 12.7 Å². The van der Waals surface area contributed by atoms with Crippen molar-refractivity contribution in [2.45, 2.75) is 19.9 Å². The van der Waals surface area contributed by atoms with Crippen LogP contribution in [0.3, 0.4) is 0 Å². The van der Waals surface area contributed by atoms with E-state index in [4.69, 9.17) is 5.21 Å². The molecule has 60 valence electrons. The normalized spacial score (nSPS) is 11.0. The molecule has 0 aliphatic rings. The Morgan fingerprint density at radius 2 is 2.55 bits per heavy atom. The van der Waals surface area contributed by atoms with Gasteiger partial charge >= 0.3 is 0 Å². The van der Waals surface area contributed by atoms with E-state index in [1.165, 1.54) is 6.21 Å². The lowest BCUT2D eigenvalue weighted by Crippen LogP contribution is -1.99. The molecule has 3 heteroatoms. The average Bonchev–Trinajstić information content (AvgIpc) is 2.39. The van der Waals surface area contributed by atoms with Crippen LogP contribution in [0.25, 0.3) is 0 Å². The van der Waals surface area contributed by atoms with Crippen LogP contribution in [0.4, 0.5) is 0 Å². The van der Waals surface area contributed by atoms with Gasteiger partial charge in [0.25, 0.3) is 0 Å². The molecule has 1 heterocycles. The molecule has 1 aromatic rings. The first-order valence-corrected chi connectivity index (χ1v) is 3.71. The molecule has 1 N–H and O–H groups in total. The summed E-state index contributed by atoms with van der Waals surface area (Å²) < 4.78 is 2.04. The summed E-state index contributed by atoms with van der Waals surface area (Å²) in [6, 6.07) is 3.85. The highest BCUT2D eigenvalue weighted by molar-refractivity contribution is 5.76. The number of oxime groups is 1. The first kappa shape index (κ1) is 7.85. The second-order valence-electron chi connectivity index (χ2n) is 2.37. The minimum atomic E-state index is 0.939. The Morgan fingerprint density at radius 3 is 3.18 bits per heavy atom. The molecule has 11 heavy (non-hydrogen) atoms. The lowest BCUT2D eigenvalue weighted by atomic mass is 10.4. The minimum Gasteiger partial charge on any atom is -0.411 e. The molecule has 0 fully saturated rings. The molecule has 0 unspecified atom stereocenters. The number of rotatable bonds is 3. The van der Waals surface area contributed by atoms with Crippen molar-refractivity contribution in [3.05, 3.63) is 24.0 Å². The number of hydrogen-bond donors (Lipinski definition) is 1. The van der Waals surface area contributed by atoms with Gasteiger partial charge in [0.15, 0.2) is 0 Å². The highest BCUT2D eigenvalue weighted by Gasteiger charge is 1.94. The van der Waals surface area contributed by atoms with E-state index in [1.807, 2.05) is 22.9 Å². The van der Waals surface area contributed by atoms with Crippen LogP contribution in [0.2, 0.25) is 0 Å². The second kappa shape index (κ2) is 3.81. The van der Waals surface area contributed by atoms with Crippen molar-refractivity contribution < 1.29 is 5.21 Å². The summed E-state index contributed by atoms with van der Waals surface area (Å²) in [7, 11) is 0. The fraction of sp³-hybridized carbons (Fsp3) is 0.375. The van der Waals surface area contributed by atoms with Gasteiger partial charge in [-0.25, -0.2) is 0 Å². The van der Waals surface area contributed by atoms with E-state index in [1.54, 1.807) is 0 Å². The van der Waals surface area contributed by atoms with Gasteiger partial charge in [-0.1, -0.05) is 12.1 Å². The Balaban J connectivity index is 2.78. The maximum atomic E-state index is 8.29. The number of hydrogen-bond acceptors (Lipinski definition) is 2. The smallest absolute Gasteiger partial charge is 0.0898 e. The van der Waals surface area contributed by atoms with Crippen molar-refractivity contribution in [2.24, 2.45) is 5.16 Å². The molecule has 0 bridgehead atoms. The van der Waals surface area contributed by atoms with Gasteiger partial charge in [-0.3, -0.25) is 0 Å². The van der Waals surface area contributed by atoms with Crippen LogP contribution in [-0.2, 0) is 6.54 Å². The van der Waals surface area contributed by atoms with E-state index in [-0.39, 0.29) is 0 Å². The molecule has 0 spiro atoms. The number of nitrogens with zero attached hydrogens (tertiary/aromatic N) is 2. The molecule has 3 nitrogen and oxygen atoms in total. The van der Waals surface area contributed by atoms with E-state index in [9.17, 15) is 0 Å². The van der Waals surface area contributed by atoms with Crippen LogP contribution < -0.4 is 0 Å². The first-order valence-electron chi connectivity index (χ1n) is 3.71. The summed E-state index contributed by atoms with van der Waals surface area (Å²) in [5, 5.41) is 11.3. The van der Waals surface area contributed by atoms with Gasteiger partial charge in [-0.2, -0.15) is 0 Å². The molecule has 0 saturated heterocycles. The molecule has 0 saturated carbocycles. The van der Waals surface area contributed by atoms with E-state index < -0.39 is 0 Å². The number of aromatic nitrogens is 1. The molecule has 0 atom stereocenters. The topological polar surface area (TPSA) is 37.5 Å². The summed E-state index contributed by atoms with van der Waals surface area (Å²) in [6.07, 6.45) is 4.50. The van der Waals surface area contributed by atoms with Crippen molar-refractivity contribution in [1.82, 2.24) is 4.57 Å². The zero-order valence-electron chi connectivity index (χ0n) is 6.57. The summed E-state index contributed by atoms with van der Waals surface area (Å²) in [6.45, 7) is 3.08. The Labute approximate surface area is 66.0 Å². The Hall–Kier alpha value is -1.25. The zero-order chi connectivity index (χ0) is 8.10. The maximum absolute atomic E-state index is 8.29. The summed E-state index contributed by atoms with van der Waals surface area (Å²) in [5.41, 5.74) is 0.939. The monoisotopic (exact) mass is 152 g/mol. The fourth-order valence-electron chi connectivity index (χ4n) is 1.05. The van der Waals surface area contributed by atoms with Crippen LogP contribution in [0.15, 0.2) is 23.5 Å². The maximum Gasteiger partial charge on any atom is 0.0898 e. The van der Waals surface area contributed by atoms with Gasteiger partial charge in [0.2, 0.25) is 0 Å². The second-order valence-corrected chi connectivity index (χ2v) is 2.37. The van der Waals surface area contributed by atoms with Crippen molar-refractivity contribution in [3.8, 4) is 0 Å². The number of aryl methyl sites for hydroxylation is 1. The first-order chi connectivity index (χ1) is 5.38. The van der Waals surface area contributed by atoms with Gasteiger partial charge in [-0.05, 0) is 18.6 Å². The summed E-state index contributed by atoms with van der Waals surface area (Å²) in [5.74, 6) is 0. The fourth-order valence-corrected chi connectivity index (χ4v) is 1.05. The molecule has 0 aliphatic carbocycles. The molecular formula is C8H12N2O. The molecule has 1 aromatic heterocycles. The third-order valence-corrected chi connectivity index (χ3v) is 1.52. The quantitative estimate of drug-likeness (QED) is 0.399. The van der Waals surface area contributed by atoms with E-state index in [0.717, 1.165) is 18.7 Å². The van der Waals surface area contributed by atoms with Crippen molar-refractivity contribution >= 4 is 6.21 Å². The van der Waals surface area contributed by atoms with E-state index >= 15 is 0 Å². The van der Waals surface area contributed by atoms with Crippen LogP contribution in [0.1, 0.15) is 19.0 Å². The van der Waals surface area contributed by atoms with E-state index in [0.29, 0.717) is 0 Å². The lowest BCUT2D eigenvalue weighted by Gasteiger charge is -2.01. The third kappa shape index (κ3) is 1.83. The standard InChI is InChI=1S/C8H12N2O/c1-2-5-10-6-3-4-8(10)7-9-11/h3-4,6-7,11H,2,5H2,1H3. The highest BCUT2D eigenvalue weighted by atomic mass is 16.4. The van der Waals surface area contributed by atoms with Gasteiger partial charge < -0.3 is 9.77 Å². The van der Waals surface area contributed by atoms with Crippen molar-refractivity contribution in [3.63, 3.8) is 0 Å². The highest BCUT2D eigenvalue weighted by Crippen LogP contribution is 1.99.